The molecule has 0 aliphatic rings. The molecule has 0 spiro atoms. The lowest BCUT2D eigenvalue weighted by Crippen LogP contribution is -2.37. The van der Waals surface area contributed by atoms with Gasteiger partial charge in [-0.2, -0.15) is 0 Å². The zero-order valence-electron chi connectivity index (χ0n) is 16.4. The highest BCUT2D eigenvalue weighted by atomic mass is 32.2. The molecule has 156 valence electrons. The van der Waals surface area contributed by atoms with Gasteiger partial charge in [0, 0.05) is 17.6 Å². The van der Waals surface area contributed by atoms with Crippen molar-refractivity contribution in [2.24, 2.45) is 0 Å². The van der Waals surface area contributed by atoms with Crippen molar-refractivity contribution in [2.45, 2.75) is 51.1 Å². The number of ether oxygens (including phenoxy) is 1. The van der Waals surface area contributed by atoms with Crippen molar-refractivity contribution in [2.75, 3.05) is 13.2 Å². The summed E-state index contributed by atoms with van der Waals surface area (Å²) in [7, 11) is -3.65. The summed E-state index contributed by atoms with van der Waals surface area (Å²) in [5.41, 5.74) is 0.186. The van der Waals surface area contributed by atoms with Gasteiger partial charge in [-0.15, -0.1) is 0 Å². The largest absolute Gasteiger partial charge is 0.454 e. The van der Waals surface area contributed by atoms with E-state index >= 15 is 0 Å². The van der Waals surface area contributed by atoms with Crippen LogP contribution in [0.1, 0.15) is 44.5 Å². The van der Waals surface area contributed by atoms with E-state index in [9.17, 15) is 22.8 Å². The van der Waals surface area contributed by atoms with Crippen LogP contribution < -0.4 is 15.4 Å². The molecule has 2 amide bonds. The molecule has 1 aromatic carbocycles. The lowest BCUT2D eigenvalue weighted by Gasteiger charge is -2.12. The average molecular weight is 413 g/mol. The Morgan fingerprint density at radius 1 is 1.07 bits per heavy atom. The van der Waals surface area contributed by atoms with E-state index < -0.39 is 41.0 Å². The lowest BCUT2D eigenvalue weighted by molar-refractivity contribution is -0.147. The highest BCUT2D eigenvalue weighted by Crippen LogP contribution is 2.11. The molecule has 28 heavy (non-hydrogen) atoms. The Kier molecular flexibility index (Phi) is 9.07. The third-order valence-electron chi connectivity index (χ3n) is 3.59. The molecule has 0 radical (unpaired) electrons. The van der Waals surface area contributed by atoms with E-state index in [1.165, 1.54) is 24.3 Å². The van der Waals surface area contributed by atoms with Gasteiger partial charge in [-0.1, -0.05) is 6.92 Å². The molecule has 10 heteroatoms. The molecule has 0 saturated carbocycles. The Morgan fingerprint density at radius 2 is 1.68 bits per heavy atom. The van der Waals surface area contributed by atoms with Crippen molar-refractivity contribution in [3.8, 4) is 0 Å². The summed E-state index contributed by atoms with van der Waals surface area (Å²) in [6.07, 6.45) is 0.753. The first-order chi connectivity index (χ1) is 13.0. The summed E-state index contributed by atoms with van der Waals surface area (Å²) >= 11 is 0. The van der Waals surface area contributed by atoms with Crippen molar-refractivity contribution >= 4 is 27.8 Å². The molecular weight excluding hydrogens is 386 g/mol. The van der Waals surface area contributed by atoms with Crippen LogP contribution in [0.3, 0.4) is 0 Å². The van der Waals surface area contributed by atoms with Crippen LogP contribution in [0, 0.1) is 0 Å². The molecule has 0 heterocycles. The van der Waals surface area contributed by atoms with Crippen LogP contribution in [-0.2, 0) is 24.3 Å². The second-order valence-electron chi connectivity index (χ2n) is 6.52. The van der Waals surface area contributed by atoms with Crippen LogP contribution in [0.15, 0.2) is 29.2 Å². The number of hydrogen-bond donors (Lipinski definition) is 3. The monoisotopic (exact) mass is 413 g/mol. The number of carbonyl (C=O) groups excluding carboxylic acids is 3. The number of hydrogen-bond acceptors (Lipinski definition) is 6. The Bertz CT molecular complexity index is 790. The number of amides is 2. The molecule has 0 fully saturated rings. The second kappa shape index (κ2) is 10.8. The average Bonchev–Trinajstić information content (AvgIpc) is 2.63. The Balaban J connectivity index is 2.51. The fourth-order valence-electron chi connectivity index (χ4n) is 2.03. The molecule has 0 saturated heterocycles. The third kappa shape index (κ3) is 8.05. The second-order valence-corrected chi connectivity index (χ2v) is 8.23. The predicted octanol–water partition coefficient (Wildman–Crippen LogP) is 0.561. The van der Waals surface area contributed by atoms with Gasteiger partial charge in [-0.25, -0.2) is 13.1 Å². The van der Waals surface area contributed by atoms with E-state index in [2.05, 4.69) is 15.4 Å². The first-order valence-corrected chi connectivity index (χ1v) is 10.4. The minimum atomic E-state index is -3.65. The molecule has 1 rings (SSSR count). The van der Waals surface area contributed by atoms with E-state index in [0.29, 0.717) is 0 Å². The van der Waals surface area contributed by atoms with Crippen LogP contribution in [0.25, 0.3) is 0 Å². The number of esters is 1. The molecule has 0 aliphatic carbocycles. The van der Waals surface area contributed by atoms with Crippen LogP contribution in [0.4, 0.5) is 0 Å². The maximum Gasteiger partial charge on any atom is 0.325 e. The molecule has 9 nitrogen and oxygen atoms in total. The fourth-order valence-corrected chi connectivity index (χ4v) is 3.29. The van der Waals surface area contributed by atoms with Crippen LogP contribution in [0.5, 0.6) is 0 Å². The fraction of sp³-hybridized carbons (Fsp3) is 0.500. The van der Waals surface area contributed by atoms with Crippen LogP contribution >= 0.6 is 0 Å². The van der Waals surface area contributed by atoms with Crippen molar-refractivity contribution in [1.29, 1.82) is 0 Å². The Morgan fingerprint density at radius 3 is 2.21 bits per heavy atom. The van der Waals surface area contributed by atoms with Gasteiger partial charge >= 0.3 is 5.97 Å². The van der Waals surface area contributed by atoms with Gasteiger partial charge in [0.05, 0.1) is 4.90 Å². The van der Waals surface area contributed by atoms with Gasteiger partial charge in [0.15, 0.2) is 6.61 Å². The first kappa shape index (κ1) is 23.6. The maximum absolute atomic E-state index is 12.0. The van der Waals surface area contributed by atoms with Crippen molar-refractivity contribution in [3.05, 3.63) is 29.8 Å². The zero-order valence-corrected chi connectivity index (χ0v) is 17.3. The molecule has 0 bridgehead atoms. The summed E-state index contributed by atoms with van der Waals surface area (Å²) in [6.45, 7) is 6.31. The third-order valence-corrected chi connectivity index (χ3v) is 5.27. The number of carbonyl (C=O) groups is 3. The summed E-state index contributed by atoms with van der Waals surface area (Å²) < 4.78 is 31.3. The first-order valence-electron chi connectivity index (χ1n) is 8.90. The van der Waals surface area contributed by atoms with E-state index in [1.54, 1.807) is 13.8 Å². The zero-order chi connectivity index (χ0) is 21.3. The number of rotatable bonds is 10. The number of nitrogens with one attached hydrogen (secondary N) is 3. The highest BCUT2D eigenvalue weighted by molar-refractivity contribution is 7.89. The maximum atomic E-state index is 12.0. The Labute approximate surface area is 165 Å². The summed E-state index contributed by atoms with van der Waals surface area (Å²) in [6, 6.07) is 5.01. The highest BCUT2D eigenvalue weighted by Gasteiger charge is 2.16. The van der Waals surface area contributed by atoms with E-state index in [1.807, 2.05) is 13.8 Å². The van der Waals surface area contributed by atoms with E-state index in [-0.39, 0.29) is 22.5 Å². The number of benzene rings is 1. The van der Waals surface area contributed by atoms with E-state index in [0.717, 1.165) is 6.42 Å². The standard InChI is InChI=1S/C18H27N3O6S/c1-5-13(4)20-16(22)11-27-17(23)10-19-18(24)14-6-8-15(9-7-14)28(25,26)21-12(2)3/h6-9,12-13,21H,5,10-11H2,1-4H3,(H,19,24)(H,20,22)/t13-/m1/s1. The van der Waals surface area contributed by atoms with Crippen LogP contribution in [-0.4, -0.2) is 51.4 Å². The SMILES string of the molecule is CC[C@@H](C)NC(=O)COC(=O)CNC(=O)c1ccc(S(=O)(=O)NC(C)C)cc1. The molecule has 0 unspecified atom stereocenters. The summed E-state index contributed by atoms with van der Waals surface area (Å²) in [4.78, 5) is 35.2. The molecule has 1 atom stereocenters. The summed E-state index contributed by atoms with van der Waals surface area (Å²) in [5, 5.41) is 5.00. The minimum Gasteiger partial charge on any atom is -0.454 e. The van der Waals surface area contributed by atoms with Crippen LogP contribution in [0.2, 0.25) is 0 Å². The molecule has 0 aromatic heterocycles. The number of sulfonamides is 1. The van der Waals surface area contributed by atoms with Gasteiger partial charge in [-0.3, -0.25) is 14.4 Å². The Hall–Kier alpha value is -2.46. The quantitative estimate of drug-likeness (QED) is 0.481. The topological polar surface area (TPSA) is 131 Å². The minimum absolute atomic E-state index is 0.0200. The predicted molar refractivity (Wildman–Crippen MR) is 103 cm³/mol. The molecular formula is C18H27N3O6S. The molecule has 1 aromatic rings. The van der Waals surface area contributed by atoms with Crippen molar-refractivity contribution < 1.29 is 27.5 Å². The summed E-state index contributed by atoms with van der Waals surface area (Å²) in [5.74, 6) is -1.74. The molecule has 3 N–H and O–H groups in total. The van der Waals surface area contributed by atoms with Gasteiger partial charge in [0.25, 0.3) is 11.8 Å². The van der Waals surface area contributed by atoms with Gasteiger partial charge in [0.1, 0.15) is 6.54 Å². The smallest absolute Gasteiger partial charge is 0.325 e. The van der Waals surface area contributed by atoms with E-state index in [4.69, 9.17) is 4.74 Å². The normalized spacial score (nSPS) is 12.3. The van der Waals surface area contributed by atoms with Crippen molar-refractivity contribution in [3.63, 3.8) is 0 Å². The van der Waals surface area contributed by atoms with Gasteiger partial charge < -0.3 is 15.4 Å². The molecule has 0 aliphatic heterocycles. The lowest BCUT2D eigenvalue weighted by atomic mass is 10.2. The van der Waals surface area contributed by atoms with Gasteiger partial charge in [0.2, 0.25) is 10.0 Å². The van der Waals surface area contributed by atoms with Gasteiger partial charge in [-0.05, 0) is 51.5 Å². The van der Waals surface area contributed by atoms with Crippen molar-refractivity contribution in [1.82, 2.24) is 15.4 Å².